The van der Waals surface area contributed by atoms with Gasteiger partial charge in [-0.1, -0.05) is 43.1 Å². The summed E-state index contributed by atoms with van der Waals surface area (Å²) in [6, 6.07) is 6.37. The van der Waals surface area contributed by atoms with Crippen molar-refractivity contribution < 1.29 is 0 Å². The number of rotatable bonds is 7. The number of hydrogen-bond donors (Lipinski definition) is 1. The molecule has 114 valence electrons. The molecule has 0 aromatic heterocycles. The summed E-state index contributed by atoms with van der Waals surface area (Å²) in [6.45, 7) is 7.68. The quantitative estimate of drug-likeness (QED) is 0.789. The first-order chi connectivity index (χ1) is 9.29. The van der Waals surface area contributed by atoms with E-state index in [9.17, 15) is 0 Å². The Morgan fingerprint density at radius 3 is 2.30 bits per heavy atom. The van der Waals surface area contributed by atoms with E-state index in [1.54, 1.807) is 6.07 Å². The van der Waals surface area contributed by atoms with Gasteiger partial charge in [-0.2, -0.15) is 0 Å². The van der Waals surface area contributed by atoms with E-state index in [4.69, 9.17) is 23.2 Å². The summed E-state index contributed by atoms with van der Waals surface area (Å²) in [4.78, 5) is 2.22. The van der Waals surface area contributed by atoms with E-state index in [0.717, 1.165) is 23.6 Å². The number of hydrogen-bond acceptors (Lipinski definition) is 2. The van der Waals surface area contributed by atoms with E-state index in [2.05, 4.69) is 45.1 Å². The van der Waals surface area contributed by atoms with Crippen LogP contribution in [-0.4, -0.2) is 31.6 Å². The SMILES string of the molecule is CC(C)CC(CN(C)C)NC(C)c1ccc(Cl)cc1Cl. The second-order valence-electron chi connectivity index (χ2n) is 6.14. The molecule has 0 aliphatic carbocycles. The average Bonchev–Trinajstić information content (AvgIpc) is 2.26. The first-order valence-corrected chi connectivity index (χ1v) is 7.91. The van der Waals surface area contributed by atoms with Crippen LogP contribution in [0, 0.1) is 5.92 Å². The molecular formula is C16H26Cl2N2. The Balaban J connectivity index is 2.75. The van der Waals surface area contributed by atoms with Crippen LogP contribution in [0.4, 0.5) is 0 Å². The van der Waals surface area contributed by atoms with Gasteiger partial charge in [-0.3, -0.25) is 0 Å². The van der Waals surface area contributed by atoms with Gasteiger partial charge < -0.3 is 10.2 Å². The molecule has 0 saturated carbocycles. The fourth-order valence-electron chi connectivity index (χ4n) is 2.50. The molecule has 4 heteroatoms. The second kappa shape index (κ2) is 8.23. The third-order valence-electron chi connectivity index (χ3n) is 3.26. The van der Waals surface area contributed by atoms with Crippen molar-refractivity contribution in [2.24, 2.45) is 5.92 Å². The standard InChI is InChI=1S/C16H26Cl2N2/c1-11(2)8-14(10-20(4)5)19-12(3)15-7-6-13(17)9-16(15)18/h6-7,9,11-12,14,19H,8,10H2,1-5H3. The van der Waals surface area contributed by atoms with Crippen LogP contribution in [0.25, 0.3) is 0 Å². The number of benzene rings is 1. The molecule has 1 aromatic rings. The Hall–Kier alpha value is -0.280. The molecule has 0 spiro atoms. The smallest absolute Gasteiger partial charge is 0.0468 e. The van der Waals surface area contributed by atoms with Crippen molar-refractivity contribution in [3.8, 4) is 0 Å². The Morgan fingerprint density at radius 1 is 1.15 bits per heavy atom. The van der Waals surface area contributed by atoms with Gasteiger partial charge in [-0.05, 0) is 51.1 Å². The van der Waals surface area contributed by atoms with Crippen LogP contribution in [-0.2, 0) is 0 Å². The van der Waals surface area contributed by atoms with Crippen molar-refractivity contribution in [1.29, 1.82) is 0 Å². The maximum atomic E-state index is 6.28. The fourth-order valence-corrected chi connectivity index (χ4v) is 3.07. The molecule has 0 aliphatic heterocycles. The predicted molar refractivity (Wildman–Crippen MR) is 89.8 cm³/mol. The lowest BCUT2D eigenvalue weighted by Gasteiger charge is -2.28. The van der Waals surface area contributed by atoms with Gasteiger partial charge in [0.1, 0.15) is 0 Å². The van der Waals surface area contributed by atoms with Crippen LogP contribution in [0.5, 0.6) is 0 Å². The minimum atomic E-state index is 0.212. The second-order valence-corrected chi connectivity index (χ2v) is 6.99. The molecule has 20 heavy (non-hydrogen) atoms. The van der Waals surface area contributed by atoms with Crippen molar-refractivity contribution in [2.45, 2.75) is 39.3 Å². The predicted octanol–water partition coefficient (Wildman–Crippen LogP) is 4.62. The molecule has 2 atom stereocenters. The molecule has 0 heterocycles. The molecule has 0 aliphatic rings. The monoisotopic (exact) mass is 316 g/mol. The maximum absolute atomic E-state index is 6.28. The van der Waals surface area contributed by atoms with E-state index in [0.29, 0.717) is 17.0 Å². The maximum Gasteiger partial charge on any atom is 0.0468 e. The molecule has 1 N–H and O–H groups in total. The van der Waals surface area contributed by atoms with Gasteiger partial charge in [0, 0.05) is 28.7 Å². The molecule has 1 aromatic carbocycles. The average molecular weight is 317 g/mol. The van der Waals surface area contributed by atoms with Crippen LogP contribution >= 0.6 is 23.2 Å². The van der Waals surface area contributed by atoms with E-state index in [-0.39, 0.29) is 6.04 Å². The summed E-state index contributed by atoms with van der Waals surface area (Å²) in [5, 5.41) is 5.09. The highest BCUT2D eigenvalue weighted by molar-refractivity contribution is 6.35. The molecule has 0 amide bonds. The largest absolute Gasteiger partial charge is 0.308 e. The van der Waals surface area contributed by atoms with Crippen LogP contribution in [0.3, 0.4) is 0 Å². The highest BCUT2D eigenvalue weighted by Crippen LogP contribution is 2.26. The zero-order valence-electron chi connectivity index (χ0n) is 13.1. The number of nitrogens with one attached hydrogen (secondary N) is 1. The van der Waals surface area contributed by atoms with E-state index in [1.807, 2.05) is 12.1 Å². The topological polar surface area (TPSA) is 15.3 Å². The zero-order valence-corrected chi connectivity index (χ0v) is 14.6. The lowest BCUT2D eigenvalue weighted by molar-refractivity contribution is 0.291. The Labute approximate surface area is 133 Å². The highest BCUT2D eigenvalue weighted by Gasteiger charge is 2.17. The third kappa shape index (κ3) is 6.01. The van der Waals surface area contributed by atoms with Gasteiger partial charge in [0.05, 0.1) is 0 Å². The van der Waals surface area contributed by atoms with E-state index in [1.165, 1.54) is 0 Å². The van der Waals surface area contributed by atoms with E-state index >= 15 is 0 Å². The van der Waals surface area contributed by atoms with Crippen LogP contribution in [0.2, 0.25) is 10.0 Å². The van der Waals surface area contributed by atoms with Crippen molar-refractivity contribution in [3.63, 3.8) is 0 Å². The molecule has 0 radical (unpaired) electrons. The molecule has 0 bridgehead atoms. The van der Waals surface area contributed by atoms with Gasteiger partial charge in [-0.15, -0.1) is 0 Å². The first-order valence-electron chi connectivity index (χ1n) is 7.15. The molecular weight excluding hydrogens is 291 g/mol. The van der Waals surface area contributed by atoms with Crippen LogP contribution in [0.1, 0.15) is 38.8 Å². The van der Waals surface area contributed by atoms with Crippen molar-refractivity contribution >= 4 is 23.2 Å². The lowest BCUT2D eigenvalue weighted by atomic mass is 10.0. The minimum absolute atomic E-state index is 0.212. The zero-order chi connectivity index (χ0) is 15.3. The Bertz CT molecular complexity index is 409. The van der Waals surface area contributed by atoms with E-state index < -0.39 is 0 Å². The first kappa shape index (κ1) is 17.8. The molecule has 1 rings (SSSR count). The van der Waals surface area contributed by atoms with Crippen molar-refractivity contribution in [1.82, 2.24) is 10.2 Å². The third-order valence-corrected chi connectivity index (χ3v) is 3.82. The molecule has 0 saturated heterocycles. The molecule has 2 unspecified atom stereocenters. The Kier molecular flexibility index (Phi) is 7.32. The summed E-state index contributed by atoms with van der Waals surface area (Å²) in [5.41, 5.74) is 1.10. The van der Waals surface area contributed by atoms with Gasteiger partial charge in [0.2, 0.25) is 0 Å². The number of halogens is 2. The summed E-state index contributed by atoms with van der Waals surface area (Å²) in [5.74, 6) is 0.667. The van der Waals surface area contributed by atoms with Gasteiger partial charge >= 0.3 is 0 Å². The minimum Gasteiger partial charge on any atom is -0.308 e. The van der Waals surface area contributed by atoms with Crippen molar-refractivity contribution in [3.05, 3.63) is 33.8 Å². The summed E-state index contributed by atoms with van der Waals surface area (Å²) >= 11 is 12.2. The Morgan fingerprint density at radius 2 is 1.80 bits per heavy atom. The van der Waals surface area contributed by atoms with Gasteiger partial charge in [0.25, 0.3) is 0 Å². The van der Waals surface area contributed by atoms with Gasteiger partial charge in [-0.25, -0.2) is 0 Å². The lowest BCUT2D eigenvalue weighted by Crippen LogP contribution is -2.40. The number of nitrogens with zero attached hydrogens (tertiary/aromatic N) is 1. The number of likely N-dealkylation sites (N-methyl/N-ethyl adjacent to an activating group) is 1. The molecule has 2 nitrogen and oxygen atoms in total. The van der Waals surface area contributed by atoms with Gasteiger partial charge in [0.15, 0.2) is 0 Å². The highest BCUT2D eigenvalue weighted by atomic mass is 35.5. The fraction of sp³-hybridized carbons (Fsp3) is 0.625. The van der Waals surface area contributed by atoms with Crippen LogP contribution < -0.4 is 5.32 Å². The van der Waals surface area contributed by atoms with Crippen molar-refractivity contribution in [2.75, 3.05) is 20.6 Å². The normalized spacial score (nSPS) is 14.8. The summed E-state index contributed by atoms with van der Waals surface area (Å²) in [7, 11) is 4.21. The molecule has 0 fully saturated rings. The van der Waals surface area contributed by atoms with Crippen LogP contribution in [0.15, 0.2) is 18.2 Å². The summed E-state index contributed by atoms with van der Waals surface area (Å²) in [6.07, 6.45) is 1.15. The summed E-state index contributed by atoms with van der Waals surface area (Å²) < 4.78 is 0.